The lowest BCUT2D eigenvalue weighted by atomic mass is 10.1. The molecular formula is C45H65N3O7Si3. The highest BCUT2D eigenvalue weighted by molar-refractivity contribution is 6.99. The summed E-state index contributed by atoms with van der Waals surface area (Å²) in [7, 11) is -7.50. The van der Waals surface area contributed by atoms with E-state index in [0.29, 0.717) is 11.1 Å². The maximum Gasteiger partial charge on any atom is 0.351 e. The molecule has 2 heterocycles. The molecule has 1 saturated heterocycles. The number of benzene rings is 3. The first kappa shape index (κ1) is 45.5. The fourth-order valence-electron chi connectivity index (χ4n) is 6.91. The highest BCUT2D eigenvalue weighted by Gasteiger charge is 2.52. The minimum atomic E-state index is -2.89. The van der Waals surface area contributed by atoms with Gasteiger partial charge in [-0.15, -0.1) is 0 Å². The number of aliphatic hydroxyl groups excluding tert-OH is 1. The Bertz CT molecular complexity index is 2030. The van der Waals surface area contributed by atoms with Crippen molar-refractivity contribution in [3.8, 4) is 0 Å². The molecule has 4 aromatic rings. The number of carbonyl (C=O) groups is 1. The number of anilines is 1. The lowest BCUT2D eigenvalue weighted by Gasteiger charge is -2.43. The first-order chi connectivity index (χ1) is 26.9. The van der Waals surface area contributed by atoms with Crippen molar-refractivity contribution < 1.29 is 27.9 Å². The van der Waals surface area contributed by atoms with Crippen LogP contribution in [0.1, 0.15) is 84.5 Å². The van der Waals surface area contributed by atoms with Gasteiger partial charge in [0.15, 0.2) is 22.9 Å². The number of hydrogen-bond donors (Lipinski definition) is 2. The standard InChI is InChI=1S/C45H65N3O7Si3/c1-43(2,3)56(10,11)52-31-36-38(49)39(55-57(12,13)44(4,5)6)41(54-36)48-29-28-37(47-42(48)51)46-40(50)35-27-21-20-22-32(35)30-53-58(45(7,8)9,33-23-16-14-17-24-33)34-25-18-15-19-26-34/h14-29,36,38-39,41,49H,30-31H2,1-13H3,(H,46,47,50,51)/t36-,38-,39-,41-/m1/s1. The van der Waals surface area contributed by atoms with Crippen LogP contribution in [0.3, 0.4) is 0 Å². The van der Waals surface area contributed by atoms with E-state index in [0.717, 1.165) is 10.4 Å². The van der Waals surface area contributed by atoms with Crippen molar-refractivity contribution in [3.63, 3.8) is 0 Å². The molecule has 58 heavy (non-hydrogen) atoms. The summed E-state index contributed by atoms with van der Waals surface area (Å²) < 4.78 is 28.2. The molecule has 1 fully saturated rings. The van der Waals surface area contributed by atoms with Crippen LogP contribution in [0.2, 0.25) is 41.3 Å². The van der Waals surface area contributed by atoms with Gasteiger partial charge >= 0.3 is 5.69 Å². The van der Waals surface area contributed by atoms with Crippen LogP contribution in [0.4, 0.5) is 5.82 Å². The third-order valence-electron chi connectivity index (χ3n) is 12.4. The topological polar surface area (TPSA) is 121 Å². The van der Waals surface area contributed by atoms with Gasteiger partial charge in [-0.05, 0) is 69.4 Å². The largest absolute Gasteiger partial charge is 0.414 e. The summed E-state index contributed by atoms with van der Waals surface area (Å²) in [6.07, 6.45) is -2.02. The third-order valence-corrected chi connectivity index (χ3v) is 26.4. The van der Waals surface area contributed by atoms with Gasteiger partial charge in [0, 0.05) is 11.8 Å². The summed E-state index contributed by atoms with van der Waals surface area (Å²) in [5, 5.41) is 16.4. The minimum absolute atomic E-state index is 0.0370. The number of rotatable bonds is 13. The first-order valence-electron chi connectivity index (χ1n) is 20.3. The maximum absolute atomic E-state index is 14.0. The zero-order valence-electron chi connectivity index (χ0n) is 36.8. The van der Waals surface area contributed by atoms with E-state index in [4.69, 9.17) is 18.0 Å². The lowest BCUT2D eigenvalue weighted by molar-refractivity contribution is -0.0513. The van der Waals surface area contributed by atoms with Gasteiger partial charge in [0.2, 0.25) is 0 Å². The average Bonchev–Trinajstić information content (AvgIpc) is 3.43. The smallest absolute Gasteiger partial charge is 0.351 e. The Morgan fingerprint density at radius 1 is 0.759 bits per heavy atom. The van der Waals surface area contributed by atoms with Crippen LogP contribution in [0.15, 0.2) is 102 Å². The summed E-state index contributed by atoms with van der Waals surface area (Å²) in [5.41, 5.74) is 0.486. The number of carbonyl (C=O) groups excluding carboxylic acids is 1. The number of aliphatic hydroxyl groups is 1. The van der Waals surface area contributed by atoms with Crippen molar-refractivity contribution in [1.29, 1.82) is 0 Å². The van der Waals surface area contributed by atoms with Gasteiger partial charge in [0.1, 0.15) is 24.1 Å². The van der Waals surface area contributed by atoms with Gasteiger partial charge in [-0.1, -0.05) is 141 Å². The van der Waals surface area contributed by atoms with Gasteiger partial charge in [0.05, 0.1) is 13.2 Å². The predicted molar refractivity (Wildman–Crippen MR) is 240 cm³/mol. The molecule has 0 radical (unpaired) electrons. The molecule has 0 saturated carbocycles. The van der Waals surface area contributed by atoms with Crippen molar-refractivity contribution in [3.05, 3.63) is 119 Å². The number of hydrogen-bond acceptors (Lipinski definition) is 8. The van der Waals surface area contributed by atoms with Gasteiger partial charge in [-0.2, -0.15) is 4.98 Å². The van der Waals surface area contributed by atoms with Gasteiger partial charge in [-0.25, -0.2) is 4.79 Å². The van der Waals surface area contributed by atoms with Crippen LogP contribution < -0.4 is 21.4 Å². The molecule has 0 spiro atoms. The molecular weight excluding hydrogens is 779 g/mol. The fraction of sp³-hybridized carbons (Fsp3) is 0.489. The van der Waals surface area contributed by atoms with E-state index in [9.17, 15) is 14.7 Å². The molecule has 3 aromatic carbocycles. The van der Waals surface area contributed by atoms with Crippen LogP contribution in [-0.2, 0) is 24.6 Å². The normalized spacial score (nSPS) is 19.6. The number of aromatic nitrogens is 2. The molecule has 4 atom stereocenters. The SMILES string of the molecule is CC(C)(C)[Si](C)(C)OC[C@H]1O[C@@H](n2ccc(NC(=O)c3ccccc3CO[Si](c3ccccc3)(c3ccccc3)C(C)(C)C)nc2=O)[C@H](O[Si](C)(C)C(C)(C)C)[C@@H]1O. The van der Waals surface area contributed by atoms with Crippen LogP contribution in [0.5, 0.6) is 0 Å². The van der Waals surface area contributed by atoms with E-state index in [1.165, 1.54) is 4.57 Å². The van der Waals surface area contributed by atoms with Gasteiger partial charge < -0.3 is 28.4 Å². The van der Waals surface area contributed by atoms with Crippen LogP contribution in [0.25, 0.3) is 0 Å². The van der Waals surface area contributed by atoms with Crippen molar-refractivity contribution in [2.45, 2.75) is 135 Å². The zero-order valence-corrected chi connectivity index (χ0v) is 39.8. The quantitative estimate of drug-likeness (QED) is 0.129. The van der Waals surface area contributed by atoms with Crippen molar-refractivity contribution in [2.75, 3.05) is 11.9 Å². The molecule has 1 aliphatic heterocycles. The number of amides is 1. The van der Waals surface area contributed by atoms with Gasteiger partial charge in [0.25, 0.3) is 14.2 Å². The Labute approximate surface area is 348 Å². The molecule has 0 aliphatic carbocycles. The van der Waals surface area contributed by atoms with E-state index < -0.39 is 61.1 Å². The summed E-state index contributed by atoms with van der Waals surface area (Å²) >= 11 is 0. The molecule has 2 N–H and O–H groups in total. The van der Waals surface area contributed by atoms with E-state index in [-0.39, 0.29) is 34.1 Å². The monoisotopic (exact) mass is 843 g/mol. The van der Waals surface area contributed by atoms with Crippen LogP contribution >= 0.6 is 0 Å². The molecule has 5 rings (SSSR count). The van der Waals surface area contributed by atoms with E-state index >= 15 is 0 Å². The molecule has 0 bridgehead atoms. The van der Waals surface area contributed by atoms with Crippen molar-refractivity contribution in [2.24, 2.45) is 0 Å². The Morgan fingerprint density at radius 2 is 1.29 bits per heavy atom. The molecule has 13 heteroatoms. The fourth-order valence-corrected chi connectivity index (χ4v) is 13.7. The van der Waals surface area contributed by atoms with Crippen LogP contribution in [0, 0.1) is 0 Å². The Balaban J connectivity index is 1.41. The highest BCUT2D eigenvalue weighted by atomic mass is 28.4. The number of nitrogens with one attached hydrogen (secondary N) is 1. The number of ether oxygens (including phenoxy) is 1. The van der Waals surface area contributed by atoms with Gasteiger partial charge in [-0.3, -0.25) is 9.36 Å². The van der Waals surface area contributed by atoms with E-state index in [1.807, 2.05) is 54.6 Å². The number of nitrogens with zero attached hydrogens (tertiary/aromatic N) is 2. The zero-order chi connectivity index (χ0) is 42.9. The summed E-state index contributed by atoms with van der Waals surface area (Å²) in [6.45, 7) is 28.4. The first-order valence-corrected chi connectivity index (χ1v) is 28.0. The second kappa shape index (κ2) is 17.2. The maximum atomic E-state index is 14.0. The second-order valence-electron chi connectivity index (χ2n) is 19.5. The van der Waals surface area contributed by atoms with E-state index in [2.05, 4.69) is 123 Å². The summed E-state index contributed by atoms with van der Waals surface area (Å²) in [4.78, 5) is 32.1. The molecule has 314 valence electrons. The molecule has 1 aliphatic rings. The van der Waals surface area contributed by atoms with Crippen molar-refractivity contribution >= 4 is 47.1 Å². The Kier molecular flexibility index (Phi) is 13.5. The molecule has 1 amide bonds. The third kappa shape index (κ3) is 9.57. The highest BCUT2D eigenvalue weighted by Crippen LogP contribution is 2.43. The molecule has 0 unspecified atom stereocenters. The minimum Gasteiger partial charge on any atom is -0.414 e. The van der Waals surface area contributed by atoms with Crippen LogP contribution in [-0.4, -0.2) is 70.4 Å². The Hall–Kier alpha value is -3.54. The summed E-state index contributed by atoms with van der Waals surface area (Å²) in [5.74, 6) is -0.326. The average molecular weight is 844 g/mol. The Morgan fingerprint density at radius 3 is 1.81 bits per heavy atom. The summed E-state index contributed by atoms with van der Waals surface area (Å²) in [6, 6.07) is 29.7. The predicted octanol–water partition coefficient (Wildman–Crippen LogP) is 8.24. The second-order valence-corrected chi connectivity index (χ2v) is 33.4. The molecule has 10 nitrogen and oxygen atoms in total. The van der Waals surface area contributed by atoms with E-state index in [1.54, 1.807) is 18.3 Å². The molecule has 1 aromatic heterocycles. The van der Waals surface area contributed by atoms with Crippen molar-refractivity contribution in [1.82, 2.24) is 9.55 Å². The lowest BCUT2D eigenvalue weighted by Crippen LogP contribution is -2.66.